The lowest BCUT2D eigenvalue weighted by Gasteiger charge is -2.19. The number of esters is 1. The second kappa shape index (κ2) is 5.94. The molecule has 120 valence electrons. The highest BCUT2D eigenvalue weighted by Crippen LogP contribution is 2.42. The van der Waals surface area contributed by atoms with E-state index >= 15 is 0 Å². The van der Waals surface area contributed by atoms with Gasteiger partial charge in [0.1, 0.15) is 11.4 Å². The maximum Gasteiger partial charge on any atom is 0.407 e. The molecule has 0 aromatic heterocycles. The van der Waals surface area contributed by atoms with Gasteiger partial charge in [-0.05, 0) is 44.9 Å². The van der Waals surface area contributed by atoms with E-state index < -0.39 is 23.5 Å². The van der Waals surface area contributed by atoms with E-state index in [1.54, 1.807) is 26.8 Å². The van der Waals surface area contributed by atoms with Crippen molar-refractivity contribution >= 4 is 12.1 Å². The first-order valence-electron chi connectivity index (χ1n) is 7.08. The zero-order valence-electron chi connectivity index (χ0n) is 13.1. The standard InChI is InChI=1S/C16H20FNO4/c1-16(2,3)22-15(20)18-13-8-11(13)10-6-5-9(17)7-12(10)14(19)21-4/h5-7,11,13H,8H2,1-4H3,(H,18,20)/t11-,13+/m0/s1. The van der Waals surface area contributed by atoms with Crippen molar-refractivity contribution in [2.24, 2.45) is 0 Å². The van der Waals surface area contributed by atoms with Gasteiger partial charge < -0.3 is 14.8 Å². The number of ether oxygens (including phenoxy) is 2. The Kier molecular flexibility index (Phi) is 4.39. The number of carbonyl (C=O) groups is 2. The van der Waals surface area contributed by atoms with Crippen LogP contribution in [0.2, 0.25) is 0 Å². The van der Waals surface area contributed by atoms with Gasteiger partial charge in [0.05, 0.1) is 12.7 Å². The van der Waals surface area contributed by atoms with Crippen molar-refractivity contribution in [2.75, 3.05) is 7.11 Å². The molecule has 0 aliphatic heterocycles. The number of amides is 1. The lowest BCUT2D eigenvalue weighted by atomic mass is 10.0. The predicted octanol–water partition coefficient (Wildman–Crippen LogP) is 2.99. The minimum absolute atomic E-state index is 0.0396. The highest BCUT2D eigenvalue weighted by molar-refractivity contribution is 5.91. The number of rotatable bonds is 3. The molecular formula is C16H20FNO4. The third-order valence-corrected chi connectivity index (χ3v) is 3.31. The van der Waals surface area contributed by atoms with Crippen molar-refractivity contribution in [3.05, 3.63) is 35.1 Å². The van der Waals surface area contributed by atoms with E-state index in [0.717, 1.165) is 6.07 Å². The number of hydrogen-bond acceptors (Lipinski definition) is 4. The van der Waals surface area contributed by atoms with Crippen LogP contribution in [0.25, 0.3) is 0 Å². The van der Waals surface area contributed by atoms with E-state index in [2.05, 4.69) is 10.1 Å². The molecule has 1 aliphatic rings. The molecule has 6 heteroatoms. The summed E-state index contributed by atoms with van der Waals surface area (Å²) in [7, 11) is 1.25. The first-order chi connectivity index (χ1) is 10.2. The van der Waals surface area contributed by atoms with Crippen LogP contribution < -0.4 is 5.32 Å². The molecule has 2 rings (SSSR count). The molecule has 1 amide bonds. The smallest absolute Gasteiger partial charge is 0.407 e. The molecule has 1 aliphatic carbocycles. The predicted molar refractivity (Wildman–Crippen MR) is 78.3 cm³/mol. The van der Waals surface area contributed by atoms with Crippen molar-refractivity contribution in [1.82, 2.24) is 5.32 Å². The molecule has 1 fully saturated rings. The molecular weight excluding hydrogens is 289 g/mol. The summed E-state index contributed by atoms with van der Waals surface area (Å²) in [5, 5.41) is 2.75. The molecule has 0 spiro atoms. The zero-order chi connectivity index (χ0) is 16.5. The summed E-state index contributed by atoms with van der Waals surface area (Å²) in [4.78, 5) is 23.5. The van der Waals surface area contributed by atoms with Crippen LogP contribution in [0.4, 0.5) is 9.18 Å². The number of hydrogen-bond donors (Lipinski definition) is 1. The summed E-state index contributed by atoms with van der Waals surface area (Å²) in [6.07, 6.45) is 0.177. The van der Waals surface area contributed by atoms with Gasteiger partial charge in [-0.25, -0.2) is 14.0 Å². The number of nitrogens with one attached hydrogen (secondary N) is 1. The van der Waals surface area contributed by atoms with Gasteiger partial charge >= 0.3 is 12.1 Å². The third kappa shape index (κ3) is 3.96. The number of carbonyl (C=O) groups excluding carboxylic acids is 2. The van der Waals surface area contributed by atoms with Crippen molar-refractivity contribution in [1.29, 1.82) is 0 Å². The van der Waals surface area contributed by atoms with E-state index in [9.17, 15) is 14.0 Å². The molecule has 0 unspecified atom stereocenters. The average Bonchev–Trinajstić information content (AvgIpc) is 3.14. The Morgan fingerprint density at radius 1 is 1.32 bits per heavy atom. The first-order valence-corrected chi connectivity index (χ1v) is 7.08. The summed E-state index contributed by atoms with van der Waals surface area (Å²) in [6, 6.07) is 3.89. The van der Waals surface area contributed by atoms with Gasteiger partial charge in [-0.2, -0.15) is 0 Å². The van der Waals surface area contributed by atoms with E-state index in [-0.39, 0.29) is 17.5 Å². The Morgan fingerprint density at radius 3 is 2.59 bits per heavy atom. The minimum atomic E-state index is -0.586. The van der Waals surface area contributed by atoms with Gasteiger partial charge in [0.2, 0.25) is 0 Å². The highest BCUT2D eigenvalue weighted by Gasteiger charge is 2.42. The summed E-state index contributed by atoms with van der Waals surface area (Å²) in [5.41, 5.74) is 0.303. The monoisotopic (exact) mass is 309 g/mol. The van der Waals surface area contributed by atoms with E-state index in [0.29, 0.717) is 12.0 Å². The summed E-state index contributed by atoms with van der Waals surface area (Å²) < 4.78 is 23.2. The van der Waals surface area contributed by atoms with Gasteiger partial charge in [-0.1, -0.05) is 6.07 Å². The Balaban J connectivity index is 2.06. The van der Waals surface area contributed by atoms with E-state index in [4.69, 9.17) is 4.74 Å². The Morgan fingerprint density at radius 2 is 2.00 bits per heavy atom. The lowest BCUT2D eigenvalue weighted by Crippen LogP contribution is -2.34. The maximum absolute atomic E-state index is 13.3. The van der Waals surface area contributed by atoms with E-state index in [1.807, 2.05) is 0 Å². The molecule has 1 aromatic carbocycles. The number of methoxy groups -OCH3 is 1. The Bertz CT molecular complexity index is 594. The lowest BCUT2D eigenvalue weighted by molar-refractivity contribution is 0.0522. The van der Waals surface area contributed by atoms with Crippen molar-refractivity contribution < 1.29 is 23.5 Å². The molecule has 0 radical (unpaired) electrons. The van der Waals surface area contributed by atoms with Crippen LogP contribution in [0, 0.1) is 5.82 Å². The summed E-state index contributed by atoms with van der Waals surface area (Å²) >= 11 is 0. The molecule has 22 heavy (non-hydrogen) atoms. The van der Waals surface area contributed by atoms with Gasteiger partial charge in [-0.15, -0.1) is 0 Å². The van der Waals surface area contributed by atoms with Crippen LogP contribution in [-0.2, 0) is 9.47 Å². The average molecular weight is 309 g/mol. The quantitative estimate of drug-likeness (QED) is 0.872. The van der Waals surface area contributed by atoms with Gasteiger partial charge in [-0.3, -0.25) is 0 Å². The molecule has 5 nitrogen and oxygen atoms in total. The molecule has 0 heterocycles. The van der Waals surface area contributed by atoms with Crippen LogP contribution in [-0.4, -0.2) is 30.8 Å². The molecule has 0 saturated heterocycles. The van der Waals surface area contributed by atoms with Gasteiger partial charge in [0.15, 0.2) is 0 Å². The normalized spacial score (nSPS) is 20.2. The second-order valence-electron chi connectivity index (χ2n) is 6.32. The fourth-order valence-electron chi connectivity index (χ4n) is 2.30. The van der Waals surface area contributed by atoms with Crippen molar-refractivity contribution in [2.45, 2.75) is 44.8 Å². The molecule has 1 N–H and O–H groups in total. The second-order valence-corrected chi connectivity index (χ2v) is 6.32. The Hall–Kier alpha value is -2.11. The number of alkyl carbamates (subject to hydrolysis) is 1. The molecule has 1 saturated carbocycles. The number of halogens is 1. The summed E-state index contributed by atoms with van der Waals surface area (Å²) in [5.74, 6) is -1.12. The molecule has 2 atom stereocenters. The van der Waals surface area contributed by atoms with E-state index in [1.165, 1.54) is 13.2 Å². The SMILES string of the molecule is COC(=O)c1cc(F)ccc1[C@@H]1C[C@H]1NC(=O)OC(C)(C)C. The molecule has 1 aromatic rings. The van der Waals surface area contributed by atoms with Crippen molar-refractivity contribution in [3.63, 3.8) is 0 Å². The van der Waals surface area contributed by atoms with Crippen LogP contribution >= 0.6 is 0 Å². The third-order valence-electron chi connectivity index (χ3n) is 3.31. The molecule has 0 bridgehead atoms. The summed E-state index contributed by atoms with van der Waals surface area (Å²) in [6.45, 7) is 5.35. The minimum Gasteiger partial charge on any atom is -0.465 e. The van der Waals surface area contributed by atoms with Gasteiger partial charge in [0, 0.05) is 12.0 Å². The Labute approximate surface area is 128 Å². The topological polar surface area (TPSA) is 64.6 Å². The largest absolute Gasteiger partial charge is 0.465 e. The first kappa shape index (κ1) is 16.3. The fourth-order valence-corrected chi connectivity index (χ4v) is 2.30. The van der Waals surface area contributed by atoms with Crippen molar-refractivity contribution in [3.8, 4) is 0 Å². The van der Waals surface area contributed by atoms with Crippen LogP contribution in [0.5, 0.6) is 0 Å². The van der Waals surface area contributed by atoms with Crippen LogP contribution in [0.1, 0.15) is 49.0 Å². The number of benzene rings is 1. The van der Waals surface area contributed by atoms with Crippen LogP contribution in [0.3, 0.4) is 0 Å². The zero-order valence-corrected chi connectivity index (χ0v) is 13.1. The van der Waals surface area contributed by atoms with Gasteiger partial charge in [0.25, 0.3) is 0 Å². The highest BCUT2D eigenvalue weighted by atomic mass is 19.1. The maximum atomic E-state index is 13.3. The van der Waals surface area contributed by atoms with Crippen LogP contribution in [0.15, 0.2) is 18.2 Å². The fraction of sp³-hybridized carbons (Fsp3) is 0.500.